The van der Waals surface area contributed by atoms with Gasteiger partial charge >= 0.3 is 0 Å². The summed E-state index contributed by atoms with van der Waals surface area (Å²) in [4.78, 5) is 13.5. The zero-order valence-corrected chi connectivity index (χ0v) is 12.3. The Hall–Kier alpha value is -0.140. The third-order valence-corrected chi connectivity index (χ3v) is 4.96. The first-order chi connectivity index (χ1) is 8.00. The lowest BCUT2D eigenvalue weighted by Gasteiger charge is -2.27. The van der Waals surface area contributed by atoms with E-state index in [1.165, 1.54) is 0 Å². The fourth-order valence-corrected chi connectivity index (χ4v) is 4.02. The van der Waals surface area contributed by atoms with Gasteiger partial charge in [-0.25, -0.2) is 8.42 Å². The highest BCUT2D eigenvalue weighted by molar-refractivity contribution is 9.09. The quantitative estimate of drug-likeness (QED) is 0.664. The molecule has 0 bridgehead atoms. The van der Waals surface area contributed by atoms with Crippen molar-refractivity contribution in [3.63, 3.8) is 0 Å². The van der Waals surface area contributed by atoms with Crippen molar-refractivity contribution >= 4 is 31.7 Å². The van der Waals surface area contributed by atoms with Crippen LogP contribution < -0.4 is 0 Å². The summed E-state index contributed by atoms with van der Waals surface area (Å²) in [6.45, 7) is 0.896. The zero-order valence-electron chi connectivity index (χ0n) is 9.89. The second kappa shape index (κ2) is 6.70. The van der Waals surface area contributed by atoms with Gasteiger partial charge in [-0.2, -0.15) is 0 Å². The number of ether oxygens (including phenoxy) is 1. The Labute approximate surface area is 111 Å². The van der Waals surface area contributed by atoms with E-state index in [4.69, 9.17) is 4.74 Å². The highest BCUT2D eigenvalue weighted by Gasteiger charge is 2.34. The Morgan fingerprint density at radius 3 is 2.71 bits per heavy atom. The van der Waals surface area contributed by atoms with Crippen LogP contribution in [0.2, 0.25) is 0 Å². The molecule has 0 N–H and O–H groups in total. The number of amides is 1. The SMILES string of the molecule is COCCN(C(=O)CCBr)C1CCS(=O)(=O)C1. The van der Waals surface area contributed by atoms with Crippen molar-refractivity contribution in [1.29, 1.82) is 0 Å². The Kier molecular flexibility index (Phi) is 5.88. The van der Waals surface area contributed by atoms with Gasteiger partial charge in [-0.05, 0) is 6.42 Å². The van der Waals surface area contributed by atoms with Crippen LogP contribution in [0.3, 0.4) is 0 Å². The Morgan fingerprint density at radius 1 is 1.53 bits per heavy atom. The first-order valence-corrected chi connectivity index (χ1v) is 8.49. The number of methoxy groups -OCH3 is 1. The molecule has 0 aromatic heterocycles. The van der Waals surface area contributed by atoms with E-state index in [1.807, 2.05) is 0 Å². The largest absolute Gasteiger partial charge is 0.383 e. The number of hydrogen-bond donors (Lipinski definition) is 0. The molecular weight excluding hydrogens is 310 g/mol. The lowest BCUT2D eigenvalue weighted by Crippen LogP contribution is -2.43. The highest BCUT2D eigenvalue weighted by Crippen LogP contribution is 2.18. The third-order valence-electron chi connectivity index (χ3n) is 2.81. The predicted octanol–water partition coefficient (Wildman–Crippen LogP) is 0.433. The summed E-state index contributed by atoms with van der Waals surface area (Å²) in [7, 11) is -1.39. The van der Waals surface area contributed by atoms with Crippen LogP contribution in [0.15, 0.2) is 0 Å². The first-order valence-electron chi connectivity index (χ1n) is 5.55. The van der Waals surface area contributed by atoms with Crippen LogP contribution in [-0.2, 0) is 19.4 Å². The van der Waals surface area contributed by atoms with E-state index in [1.54, 1.807) is 12.0 Å². The molecule has 5 nitrogen and oxygen atoms in total. The molecule has 1 heterocycles. The van der Waals surface area contributed by atoms with E-state index in [0.29, 0.717) is 31.3 Å². The van der Waals surface area contributed by atoms with Crippen molar-refractivity contribution < 1.29 is 17.9 Å². The Bertz CT molecular complexity index is 357. The molecule has 0 aromatic rings. The van der Waals surface area contributed by atoms with E-state index >= 15 is 0 Å². The van der Waals surface area contributed by atoms with Crippen LogP contribution in [0.25, 0.3) is 0 Å². The van der Waals surface area contributed by atoms with Crippen LogP contribution >= 0.6 is 15.9 Å². The van der Waals surface area contributed by atoms with Crippen molar-refractivity contribution in [2.45, 2.75) is 18.9 Å². The van der Waals surface area contributed by atoms with Crippen LogP contribution in [0.1, 0.15) is 12.8 Å². The summed E-state index contributed by atoms with van der Waals surface area (Å²) < 4.78 is 27.8. The van der Waals surface area contributed by atoms with Crippen LogP contribution in [-0.4, -0.2) is 62.4 Å². The number of hydrogen-bond acceptors (Lipinski definition) is 4. The van der Waals surface area contributed by atoms with Crippen molar-refractivity contribution in [2.24, 2.45) is 0 Å². The van der Waals surface area contributed by atoms with Gasteiger partial charge in [0, 0.05) is 31.4 Å². The molecule has 1 amide bonds. The number of sulfone groups is 1. The molecule has 1 saturated heterocycles. The number of nitrogens with zero attached hydrogens (tertiary/aromatic N) is 1. The van der Waals surface area contributed by atoms with Gasteiger partial charge in [0.25, 0.3) is 0 Å². The minimum absolute atomic E-state index is 0.0129. The molecule has 7 heteroatoms. The maximum absolute atomic E-state index is 11.9. The molecule has 1 unspecified atom stereocenters. The van der Waals surface area contributed by atoms with E-state index in [0.717, 1.165) is 0 Å². The molecule has 1 rings (SSSR count). The Balaban J connectivity index is 2.66. The summed E-state index contributed by atoms with van der Waals surface area (Å²) in [5, 5.41) is 0.592. The van der Waals surface area contributed by atoms with E-state index in [2.05, 4.69) is 15.9 Å². The van der Waals surface area contributed by atoms with E-state index in [9.17, 15) is 13.2 Å². The maximum Gasteiger partial charge on any atom is 0.223 e. The summed E-state index contributed by atoms with van der Waals surface area (Å²) in [6.07, 6.45) is 0.931. The van der Waals surface area contributed by atoms with Crippen molar-refractivity contribution in [2.75, 3.05) is 37.1 Å². The van der Waals surface area contributed by atoms with Gasteiger partial charge in [-0.1, -0.05) is 15.9 Å². The smallest absolute Gasteiger partial charge is 0.223 e. The standard InChI is InChI=1S/C10H18BrNO4S/c1-16-6-5-12(10(13)2-4-11)9-3-7-17(14,15)8-9/h9H,2-8H2,1H3. The average molecular weight is 328 g/mol. The lowest BCUT2D eigenvalue weighted by atomic mass is 10.2. The number of rotatable bonds is 6. The number of carbonyl (C=O) groups excluding carboxylic acids is 1. The predicted molar refractivity (Wildman–Crippen MR) is 69.1 cm³/mol. The molecule has 17 heavy (non-hydrogen) atoms. The van der Waals surface area contributed by atoms with Crippen LogP contribution in [0.4, 0.5) is 0 Å². The van der Waals surface area contributed by atoms with Gasteiger partial charge in [0.15, 0.2) is 9.84 Å². The van der Waals surface area contributed by atoms with Gasteiger partial charge in [0.2, 0.25) is 5.91 Å². The molecule has 0 radical (unpaired) electrons. The maximum atomic E-state index is 11.9. The summed E-state index contributed by atoms with van der Waals surface area (Å²) in [5.74, 6) is 0.258. The third kappa shape index (κ3) is 4.56. The second-order valence-corrected chi connectivity index (χ2v) is 7.10. The summed E-state index contributed by atoms with van der Waals surface area (Å²) in [5.41, 5.74) is 0. The molecule has 0 saturated carbocycles. The fourth-order valence-electron chi connectivity index (χ4n) is 1.95. The number of carbonyl (C=O) groups is 1. The fraction of sp³-hybridized carbons (Fsp3) is 0.900. The van der Waals surface area contributed by atoms with Gasteiger partial charge in [-0.15, -0.1) is 0 Å². The van der Waals surface area contributed by atoms with Crippen molar-refractivity contribution in [3.05, 3.63) is 0 Å². The molecule has 1 aliphatic heterocycles. The number of alkyl halides is 1. The van der Waals surface area contributed by atoms with Gasteiger partial charge in [-0.3, -0.25) is 4.79 Å². The summed E-state index contributed by atoms with van der Waals surface area (Å²) >= 11 is 3.22. The lowest BCUT2D eigenvalue weighted by molar-refractivity contribution is -0.133. The topological polar surface area (TPSA) is 63.7 Å². The van der Waals surface area contributed by atoms with Crippen molar-refractivity contribution in [1.82, 2.24) is 4.90 Å². The molecule has 100 valence electrons. The Morgan fingerprint density at radius 2 is 2.24 bits per heavy atom. The highest BCUT2D eigenvalue weighted by atomic mass is 79.9. The molecule has 0 aliphatic carbocycles. The molecule has 0 spiro atoms. The van der Waals surface area contributed by atoms with E-state index < -0.39 is 9.84 Å². The minimum atomic E-state index is -2.96. The van der Waals surface area contributed by atoms with Crippen LogP contribution in [0.5, 0.6) is 0 Å². The first kappa shape index (κ1) is 14.9. The monoisotopic (exact) mass is 327 g/mol. The molecule has 1 aliphatic rings. The summed E-state index contributed by atoms with van der Waals surface area (Å²) in [6, 6.07) is -0.179. The van der Waals surface area contributed by atoms with Gasteiger partial charge in [0.05, 0.1) is 18.1 Å². The average Bonchev–Trinajstić information content (AvgIpc) is 2.60. The van der Waals surface area contributed by atoms with Crippen LogP contribution in [0, 0.1) is 0 Å². The molecule has 1 atom stereocenters. The van der Waals surface area contributed by atoms with E-state index in [-0.39, 0.29) is 23.5 Å². The molecular formula is C10H18BrNO4S. The molecule has 1 fully saturated rings. The normalized spacial score (nSPS) is 22.6. The second-order valence-electron chi connectivity index (χ2n) is 4.08. The molecule has 0 aromatic carbocycles. The number of halogens is 1. The minimum Gasteiger partial charge on any atom is -0.383 e. The van der Waals surface area contributed by atoms with Gasteiger partial charge < -0.3 is 9.64 Å². The zero-order chi connectivity index (χ0) is 12.9. The van der Waals surface area contributed by atoms with Gasteiger partial charge in [0.1, 0.15) is 0 Å². The van der Waals surface area contributed by atoms with Crippen molar-refractivity contribution in [3.8, 4) is 0 Å².